The highest BCUT2D eigenvalue weighted by atomic mass is 19.1. The molecule has 0 bridgehead atoms. The first-order chi connectivity index (χ1) is 15.1. The van der Waals surface area contributed by atoms with Crippen LogP contribution in [-0.4, -0.2) is 53.6 Å². The first-order valence-electron chi connectivity index (χ1n) is 10.0. The molecule has 8 heteroatoms. The summed E-state index contributed by atoms with van der Waals surface area (Å²) in [6.07, 6.45) is 1.39. The highest BCUT2D eigenvalue weighted by Gasteiger charge is 2.22. The zero-order valence-corrected chi connectivity index (χ0v) is 17.2. The largest absolute Gasteiger partial charge is 0.484 e. The fourth-order valence-electron chi connectivity index (χ4n) is 3.30. The molecule has 1 fully saturated rings. The summed E-state index contributed by atoms with van der Waals surface area (Å²) in [7, 11) is 0. The summed E-state index contributed by atoms with van der Waals surface area (Å²) in [6, 6.07) is 15.6. The lowest BCUT2D eigenvalue weighted by Gasteiger charge is -2.35. The van der Waals surface area contributed by atoms with Gasteiger partial charge >= 0.3 is 0 Å². The van der Waals surface area contributed by atoms with Gasteiger partial charge in [0.1, 0.15) is 17.9 Å². The van der Waals surface area contributed by atoms with Crippen LogP contribution < -0.4 is 14.4 Å². The second-order valence-electron chi connectivity index (χ2n) is 7.22. The molecule has 0 unspecified atom stereocenters. The van der Waals surface area contributed by atoms with E-state index in [2.05, 4.69) is 9.97 Å². The quantitative estimate of drug-likeness (QED) is 0.606. The minimum absolute atomic E-state index is 0.0115. The number of rotatable bonds is 6. The SMILES string of the molecule is Cc1ccc(F)c(Oc2cc(N3CCN(C(=O)COc4ccccc4)CC3)ncn2)c1. The summed E-state index contributed by atoms with van der Waals surface area (Å²) >= 11 is 0. The molecular weight excluding hydrogens is 399 g/mol. The Balaban J connectivity index is 1.33. The molecule has 3 aromatic rings. The third-order valence-electron chi connectivity index (χ3n) is 4.99. The third-order valence-corrected chi connectivity index (χ3v) is 4.99. The molecule has 1 aromatic heterocycles. The molecular formula is C23H23FN4O3. The van der Waals surface area contributed by atoms with Gasteiger partial charge in [-0.15, -0.1) is 0 Å². The van der Waals surface area contributed by atoms with Crippen LogP contribution in [0.5, 0.6) is 17.4 Å². The summed E-state index contributed by atoms with van der Waals surface area (Å²) in [6.45, 7) is 4.23. The van der Waals surface area contributed by atoms with E-state index in [1.165, 1.54) is 12.4 Å². The lowest BCUT2D eigenvalue weighted by atomic mass is 10.2. The molecule has 0 spiro atoms. The Morgan fingerprint density at radius 2 is 1.81 bits per heavy atom. The molecule has 1 aliphatic rings. The van der Waals surface area contributed by atoms with Gasteiger partial charge in [-0.25, -0.2) is 14.4 Å². The smallest absolute Gasteiger partial charge is 0.260 e. The highest BCUT2D eigenvalue weighted by Crippen LogP contribution is 2.26. The molecule has 0 N–H and O–H groups in total. The Kier molecular flexibility index (Phi) is 6.26. The maximum Gasteiger partial charge on any atom is 0.260 e. The van der Waals surface area contributed by atoms with E-state index in [9.17, 15) is 9.18 Å². The molecule has 1 aliphatic heterocycles. The van der Waals surface area contributed by atoms with Gasteiger partial charge in [0.2, 0.25) is 5.88 Å². The van der Waals surface area contributed by atoms with Crippen molar-refractivity contribution in [1.29, 1.82) is 0 Å². The van der Waals surface area contributed by atoms with Crippen molar-refractivity contribution in [2.75, 3.05) is 37.7 Å². The molecule has 31 heavy (non-hydrogen) atoms. The fraction of sp³-hybridized carbons (Fsp3) is 0.261. The summed E-state index contributed by atoms with van der Waals surface area (Å²) < 4.78 is 25.1. The zero-order chi connectivity index (χ0) is 21.6. The normalized spacial score (nSPS) is 13.7. The van der Waals surface area contributed by atoms with E-state index in [0.29, 0.717) is 37.7 Å². The fourth-order valence-corrected chi connectivity index (χ4v) is 3.30. The first kappa shape index (κ1) is 20.6. The lowest BCUT2D eigenvalue weighted by Crippen LogP contribution is -2.50. The number of ether oxygens (including phenoxy) is 2. The Bertz CT molecular complexity index is 1040. The van der Waals surface area contributed by atoms with Crippen molar-refractivity contribution in [3.8, 4) is 17.4 Å². The number of aromatic nitrogens is 2. The zero-order valence-electron chi connectivity index (χ0n) is 17.2. The van der Waals surface area contributed by atoms with Gasteiger partial charge in [0.25, 0.3) is 5.91 Å². The van der Waals surface area contributed by atoms with Crippen molar-refractivity contribution < 1.29 is 18.7 Å². The minimum atomic E-state index is -0.449. The topological polar surface area (TPSA) is 67.8 Å². The maximum absolute atomic E-state index is 14.0. The van der Waals surface area contributed by atoms with Gasteiger partial charge in [-0.2, -0.15) is 0 Å². The average Bonchev–Trinajstić information content (AvgIpc) is 2.81. The second kappa shape index (κ2) is 9.42. The van der Waals surface area contributed by atoms with Gasteiger partial charge in [-0.3, -0.25) is 4.79 Å². The third kappa shape index (κ3) is 5.28. The van der Waals surface area contributed by atoms with E-state index in [1.54, 1.807) is 23.1 Å². The lowest BCUT2D eigenvalue weighted by molar-refractivity contribution is -0.133. The van der Waals surface area contributed by atoms with Gasteiger partial charge in [0.05, 0.1) is 0 Å². The van der Waals surface area contributed by atoms with Crippen molar-refractivity contribution in [2.45, 2.75) is 6.92 Å². The van der Waals surface area contributed by atoms with E-state index < -0.39 is 5.82 Å². The van der Waals surface area contributed by atoms with Crippen molar-refractivity contribution in [3.05, 3.63) is 72.3 Å². The number of carbonyl (C=O) groups is 1. The number of halogens is 1. The van der Waals surface area contributed by atoms with Crippen LogP contribution in [0.2, 0.25) is 0 Å². The van der Waals surface area contributed by atoms with Crippen molar-refractivity contribution in [3.63, 3.8) is 0 Å². The van der Waals surface area contributed by atoms with Crippen molar-refractivity contribution in [1.82, 2.24) is 14.9 Å². The first-order valence-corrected chi connectivity index (χ1v) is 10.0. The van der Waals surface area contributed by atoms with Crippen molar-refractivity contribution in [2.24, 2.45) is 0 Å². The van der Waals surface area contributed by atoms with Gasteiger partial charge in [-0.1, -0.05) is 24.3 Å². The minimum Gasteiger partial charge on any atom is -0.484 e. The van der Waals surface area contributed by atoms with Crippen LogP contribution in [0.1, 0.15) is 5.56 Å². The van der Waals surface area contributed by atoms with Crippen LogP contribution >= 0.6 is 0 Å². The number of hydrogen-bond donors (Lipinski definition) is 0. The predicted molar refractivity (Wildman–Crippen MR) is 114 cm³/mol. The number of amides is 1. The van der Waals surface area contributed by atoms with E-state index >= 15 is 0 Å². The number of anilines is 1. The average molecular weight is 422 g/mol. The molecule has 0 radical (unpaired) electrons. The standard InChI is InChI=1S/C23H23FN4O3/c1-17-7-8-19(24)20(13-17)31-22-14-21(25-16-26-22)27-9-11-28(12-10-27)23(29)15-30-18-5-3-2-4-6-18/h2-8,13-14,16H,9-12,15H2,1H3. The maximum atomic E-state index is 14.0. The van der Waals surface area contributed by atoms with E-state index in [4.69, 9.17) is 9.47 Å². The monoisotopic (exact) mass is 422 g/mol. The van der Waals surface area contributed by atoms with Gasteiger partial charge < -0.3 is 19.3 Å². The molecule has 0 saturated carbocycles. The molecule has 1 saturated heterocycles. The van der Waals surface area contributed by atoms with Crippen molar-refractivity contribution >= 4 is 11.7 Å². The number of para-hydroxylation sites is 1. The summed E-state index contributed by atoms with van der Waals surface area (Å²) in [4.78, 5) is 24.6. The number of aryl methyl sites for hydroxylation is 1. The number of carbonyl (C=O) groups excluding carboxylic acids is 1. The van der Waals surface area contributed by atoms with Crippen LogP contribution in [0.15, 0.2) is 60.9 Å². The van der Waals surface area contributed by atoms with E-state index in [1.807, 2.05) is 42.2 Å². The molecule has 4 rings (SSSR count). The summed E-state index contributed by atoms with van der Waals surface area (Å²) in [5.41, 5.74) is 0.891. The van der Waals surface area contributed by atoms with Gasteiger partial charge in [-0.05, 0) is 36.8 Å². The Hall–Kier alpha value is -3.68. The Morgan fingerprint density at radius 3 is 2.58 bits per heavy atom. The molecule has 0 atom stereocenters. The van der Waals surface area contributed by atoms with E-state index in [0.717, 1.165) is 5.56 Å². The summed E-state index contributed by atoms with van der Waals surface area (Å²) in [5, 5.41) is 0. The number of hydrogen-bond acceptors (Lipinski definition) is 6. The summed E-state index contributed by atoms with van der Waals surface area (Å²) in [5.74, 6) is 1.24. The molecule has 1 amide bonds. The number of piperazine rings is 1. The van der Waals surface area contributed by atoms with Crippen LogP contribution in [0, 0.1) is 12.7 Å². The number of benzene rings is 2. The highest BCUT2D eigenvalue weighted by molar-refractivity contribution is 5.78. The second-order valence-corrected chi connectivity index (χ2v) is 7.22. The van der Waals surface area contributed by atoms with Crippen LogP contribution in [0.3, 0.4) is 0 Å². The Labute approximate surface area is 180 Å². The van der Waals surface area contributed by atoms with Gasteiger partial charge in [0, 0.05) is 32.2 Å². The molecule has 160 valence electrons. The van der Waals surface area contributed by atoms with E-state index in [-0.39, 0.29) is 24.1 Å². The van der Waals surface area contributed by atoms with Crippen LogP contribution in [0.4, 0.5) is 10.2 Å². The van der Waals surface area contributed by atoms with Crippen LogP contribution in [-0.2, 0) is 4.79 Å². The molecule has 0 aliphatic carbocycles. The Morgan fingerprint density at radius 1 is 1.03 bits per heavy atom. The molecule has 2 heterocycles. The van der Waals surface area contributed by atoms with Gasteiger partial charge in [0.15, 0.2) is 18.2 Å². The van der Waals surface area contributed by atoms with Crippen LogP contribution in [0.25, 0.3) is 0 Å². The molecule has 7 nitrogen and oxygen atoms in total. The predicted octanol–water partition coefficient (Wildman–Crippen LogP) is 3.44. The molecule has 2 aromatic carbocycles. The number of nitrogens with zero attached hydrogens (tertiary/aromatic N) is 4.